The highest BCUT2D eigenvalue weighted by molar-refractivity contribution is 5.96. The van der Waals surface area contributed by atoms with Gasteiger partial charge >= 0.3 is 0 Å². The maximum atomic E-state index is 12.4. The predicted molar refractivity (Wildman–Crippen MR) is 82.9 cm³/mol. The molecule has 1 atom stereocenters. The van der Waals surface area contributed by atoms with E-state index in [4.69, 9.17) is 14.2 Å². The number of fused-ring (bicyclic) bond motifs is 1. The second kappa shape index (κ2) is 6.41. The number of Topliss-reactive ketones (excluding diaryl/α,β-unsaturated/α-hetero) is 1. The second-order valence-corrected chi connectivity index (χ2v) is 5.15. The van der Waals surface area contributed by atoms with E-state index in [1.807, 2.05) is 0 Å². The number of ketones is 1. The number of hydrogen-bond acceptors (Lipinski definition) is 5. The zero-order valence-corrected chi connectivity index (χ0v) is 12.6. The van der Waals surface area contributed by atoms with Crippen molar-refractivity contribution in [3.8, 4) is 23.3 Å². The third-order valence-corrected chi connectivity index (χ3v) is 3.76. The van der Waals surface area contributed by atoms with Crippen molar-refractivity contribution in [2.45, 2.75) is 12.3 Å². The van der Waals surface area contributed by atoms with E-state index in [0.29, 0.717) is 22.8 Å². The largest absolute Gasteiger partial charge is 0.497 e. The Morgan fingerprint density at radius 1 is 1.22 bits per heavy atom. The number of hydrogen-bond donors (Lipinski definition) is 0. The van der Waals surface area contributed by atoms with Crippen molar-refractivity contribution in [2.75, 3.05) is 13.9 Å². The highest BCUT2D eigenvalue weighted by Crippen LogP contribution is 2.35. The lowest BCUT2D eigenvalue weighted by molar-refractivity contribution is 0.0979. The fourth-order valence-electron chi connectivity index (χ4n) is 2.45. The third-order valence-electron chi connectivity index (χ3n) is 3.76. The number of benzene rings is 2. The Morgan fingerprint density at radius 3 is 2.65 bits per heavy atom. The Bertz CT molecular complexity index is 762. The number of carbonyl (C=O) groups excluding carboxylic acids is 1. The SMILES string of the molecule is COc1ccc(C(=O)C[C@@H](C#N)c2ccc3c(c2)OCO3)cc1. The Kier molecular flexibility index (Phi) is 4.15. The summed E-state index contributed by atoms with van der Waals surface area (Å²) in [5.74, 6) is 1.34. The van der Waals surface area contributed by atoms with E-state index in [1.165, 1.54) is 0 Å². The molecule has 0 unspecified atom stereocenters. The molecule has 5 heteroatoms. The zero-order chi connectivity index (χ0) is 16.2. The van der Waals surface area contributed by atoms with Crippen LogP contribution >= 0.6 is 0 Å². The van der Waals surface area contributed by atoms with Crippen molar-refractivity contribution >= 4 is 5.78 Å². The molecule has 5 nitrogen and oxygen atoms in total. The third kappa shape index (κ3) is 3.11. The van der Waals surface area contributed by atoms with E-state index in [1.54, 1.807) is 49.6 Å². The number of nitriles is 1. The van der Waals surface area contributed by atoms with Crippen molar-refractivity contribution in [2.24, 2.45) is 0 Å². The van der Waals surface area contributed by atoms with E-state index in [0.717, 1.165) is 5.56 Å². The molecular weight excluding hydrogens is 294 g/mol. The smallest absolute Gasteiger partial charge is 0.231 e. The van der Waals surface area contributed by atoms with Gasteiger partial charge in [-0.05, 0) is 42.0 Å². The average Bonchev–Trinajstić information content (AvgIpc) is 3.07. The van der Waals surface area contributed by atoms with Gasteiger partial charge in [0.05, 0.1) is 19.1 Å². The molecule has 0 fully saturated rings. The van der Waals surface area contributed by atoms with E-state index < -0.39 is 5.92 Å². The van der Waals surface area contributed by atoms with Gasteiger partial charge in [-0.15, -0.1) is 0 Å². The highest BCUT2D eigenvalue weighted by atomic mass is 16.7. The van der Waals surface area contributed by atoms with Gasteiger partial charge in [-0.25, -0.2) is 0 Å². The van der Waals surface area contributed by atoms with Crippen LogP contribution < -0.4 is 14.2 Å². The minimum absolute atomic E-state index is 0.0862. The Hall–Kier alpha value is -3.00. The van der Waals surface area contributed by atoms with Gasteiger partial charge in [-0.2, -0.15) is 5.26 Å². The summed E-state index contributed by atoms with van der Waals surface area (Å²) < 4.78 is 15.6. The molecule has 1 aliphatic heterocycles. The Balaban J connectivity index is 1.76. The van der Waals surface area contributed by atoms with Gasteiger partial charge in [-0.1, -0.05) is 6.07 Å². The molecule has 0 bridgehead atoms. The molecule has 0 radical (unpaired) electrons. The van der Waals surface area contributed by atoms with Crippen LogP contribution in [0.1, 0.15) is 28.3 Å². The number of ether oxygens (including phenoxy) is 3. The molecule has 1 aliphatic rings. The molecule has 0 aliphatic carbocycles. The number of nitrogens with zero attached hydrogens (tertiary/aromatic N) is 1. The van der Waals surface area contributed by atoms with Crippen LogP contribution in [0.3, 0.4) is 0 Å². The van der Waals surface area contributed by atoms with Crippen LogP contribution in [0.4, 0.5) is 0 Å². The second-order valence-electron chi connectivity index (χ2n) is 5.15. The molecule has 0 amide bonds. The van der Waals surface area contributed by atoms with Crippen LogP contribution in [-0.2, 0) is 0 Å². The fraction of sp³-hybridized carbons (Fsp3) is 0.222. The van der Waals surface area contributed by atoms with E-state index in [-0.39, 0.29) is 19.0 Å². The summed E-state index contributed by atoms with van der Waals surface area (Å²) in [6, 6.07) is 14.4. The minimum Gasteiger partial charge on any atom is -0.497 e. The van der Waals surface area contributed by atoms with Gasteiger partial charge in [0.2, 0.25) is 6.79 Å². The first kappa shape index (κ1) is 14.9. The lowest BCUT2D eigenvalue weighted by atomic mass is 9.92. The van der Waals surface area contributed by atoms with Gasteiger partial charge < -0.3 is 14.2 Å². The van der Waals surface area contributed by atoms with Gasteiger partial charge in [0.15, 0.2) is 17.3 Å². The average molecular weight is 309 g/mol. The Labute approximate surface area is 134 Å². The predicted octanol–water partition coefficient (Wildman–Crippen LogP) is 3.30. The van der Waals surface area contributed by atoms with Gasteiger partial charge in [0.1, 0.15) is 5.75 Å². The first-order valence-electron chi connectivity index (χ1n) is 7.17. The van der Waals surface area contributed by atoms with Crippen molar-refractivity contribution in [3.63, 3.8) is 0 Å². The van der Waals surface area contributed by atoms with Crippen molar-refractivity contribution in [3.05, 3.63) is 53.6 Å². The van der Waals surface area contributed by atoms with E-state index in [2.05, 4.69) is 6.07 Å². The monoisotopic (exact) mass is 309 g/mol. The normalized spacial score (nSPS) is 13.2. The molecule has 0 saturated heterocycles. The van der Waals surface area contributed by atoms with Crippen molar-refractivity contribution in [1.82, 2.24) is 0 Å². The first-order valence-corrected chi connectivity index (χ1v) is 7.17. The molecule has 23 heavy (non-hydrogen) atoms. The molecule has 0 N–H and O–H groups in total. The van der Waals surface area contributed by atoms with Crippen LogP contribution in [0.5, 0.6) is 17.2 Å². The molecule has 2 aromatic carbocycles. The summed E-state index contributed by atoms with van der Waals surface area (Å²) in [6.07, 6.45) is 0.114. The lowest BCUT2D eigenvalue weighted by Crippen LogP contribution is -2.06. The summed E-state index contributed by atoms with van der Waals surface area (Å²) in [6.45, 7) is 0.181. The van der Waals surface area contributed by atoms with Gasteiger partial charge in [0.25, 0.3) is 0 Å². The van der Waals surface area contributed by atoms with E-state index >= 15 is 0 Å². The number of rotatable bonds is 5. The lowest BCUT2D eigenvalue weighted by Gasteiger charge is -2.10. The molecule has 0 spiro atoms. The van der Waals surface area contributed by atoms with Crippen molar-refractivity contribution in [1.29, 1.82) is 5.26 Å². The highest BCUT2D eigenvalue weighted by Gasteiger charge is 2.20. The molecule has 3 rings (SSSR count). The maximum Gasteiger partial charge on any atom is 0.231 e. The van der Waals surface area contributed by atoms with Crippen LogP contribution in [0.25, 0.3) is 0 Å². The van der Waals surface area contributed by atoms with Crippen LogP contribution in [0.15, 0.2) is 42.5 Å². The van der Waals surface area contributed by atoms with Gasteiger partial charge in [0, 0.05) is 12.0 Å². The maximum absolute atomic E-state index is 12.4. The number of carbonyl (C=O) groups is 1. The van der Waals surface area contributed by atoms with Crippen LogP contribution in [0.2, 0.25) is 0 Å². The summed E-state index contributed by atoms with van der Waals surface area (Å²) in [5.41, 5.74) is 1.31. The quantitative estimate of drug-likeness (QED) is 0.793. The summed E-state index contributed by atoms with van der Waals surface area (Å²) in [5, 5.41) is 9.41. The van der Waals surface area contributed by atoms with Crippen LogP contribution in [-0.4, -0.2) is 19.7 Å². The zero-order valence-electron chi connectivity index (χ0n) is 12.6. The van der Waals surface area contributed by atoms with E-state index in [9.17, 15) is 10.1 Å². The molecule has 0 saturated carbocycles. The topological polar surface area (TPSA) is 68.6 Å². The molecule has 116 valence electrons. The fourth-order valence-corrected chi connectivity index (χ4v) is 2.45. The molecular formula is C18H15NO4. The summed E-state index contributed by atoms with van der Waals surface area (Å²) in [4.78, 5) is 12.4. The molecule has 0 aromatic heterocycles. The molecule has 1 heterocycles. The van der Waals surface area contributed by atoms with Gasteiger partial charge in [-0.3, -0.25) is 4.79 Å². The molecule has 2 aromatic rings. The standard InChI is InChI=1S/C18H15NO4/c1-21-15-5-2-12(3-6-15)16(20)8-14(10-19)13-4-7-17-18(9-13)23-11-22-17/h2-7,9,14H,8,11H2,1H3/t14-/m0/s1. The van der Waals surface area contributed by atoms with Crippen molar-refractivity contribution < 1.29 is 19.0 Å². The van der Waals surface area contributed by atoms with Crippen LogP contribution in [0, 0.1) is 11.3 Å². The number of methoxy groups -OCH3 is 1. The first-order chi connectivity index (χ1) is 11.2. The minimum atomic E-state index is -0.529. The Morgan fingerprint density at radius 2 is 1.96 bits per heavy atom. The summed E-state index contributed by atoms with van der Waals surface area (Å²) in [7, 11) is 1.57. The summed E-state index contributed by atoms with van der Waals surface area (Å²) >= 11 is 0.